The molecule has 0 unspecified atom stereocenters. The number of nitrogens with zero attached hydrogens (tertiary/aromatic N) is 1. The average molecular weight is 400 g/mol. The molecule has 1 fully saturated rings. The highest BCUT2D eigenvalue weighted by atomic mass is 32.2. The van der Waals surface area contributed by atoms with Crippen LogP contribution in [0, 0.1) is 0 Å². The Bertz CT molecular complexity index is 911. The molecular weight excluding hydrogens is 380 g/mol. The van der Waals surface area contributed by atoms with Crippen LogP contribution in [0.15, 0.2) is 42.5 Å². The van der Waals surface area contributed by atoms with E-state index in [-0.39, 0.29) is 12.3 Å². The van der Waals surface area contributed by atoms with Crippen LogP contribution in [0.2, 0.25) is 0 Å². The van der Waals surface area contributed by atoms with Crippen LogP contribution in [0.3, 0.4) is 0 Å². The molecule has 2 N–H and O–H groups in total. The largest absolute Gasteiger partial charge is 0.481 e. The van der Waals surface area contributed by atoms with Gasteiger partial charge < -0.3 is 20.1 Å². The lowest BCUT2D eigenvalue weighted by Gasteiger charge is -2.24. The van der Waals surface area contributed by atoms with Crippen LogP contribution < -0.4 is 5.32 Å². The molecule has 0 bridgehead atoms. The van der Waals surface area contributed by atoms with E-state index in [1.54, 1.807) is 0 Å². The topological polar surface area (TPSA) is 104 Å². The third-order valence-electron chi connectivity index (χ3n) is 4.61. The summed E-state index contributed by atoms with van der Waals surface area (Å²) in [6.07, 6.45) is 0.0767. The summed E-state index contributed by atoms with van der Waals surface area (Å²) in [7, 11) is 0. The Morgan fingerprint density at radius 1 is 1.21 bits per heavy atom. The van der Waals surface area contributed by atoms with E-state index in [0.717, 1.165) is 16.3 Å². The molecular formula is C20H20N2O5S. The van der Waals surface area contributed by atoms with Crippen LogP contribution in [-0.4, -0.2) is 57.8 Å². The molecule has 0 saturated carbocycles. The third kappa shape index (κ3) is 4.51. The molecule has 2 atom stereocenters. The Hall–Kier alpha value is -2.87. The molecule has 3 rings (SSSR count). The zero-order valence-electron chi connectivity index (χ0n) is 15.0. The molecule has 146 valence electrons. The molecule has 0 radical (unpaired) electrons. The van der Waals surface area contributed by atoms with Crippen molar-refractivity contribution >= 4 is 46.6 Å². The van der Waals surface area contributed by atoms with E-state index in [2.05, 4.69) is 5.32 Å². The van der Waals surface area contributed by atoms with Gasteiger partial charge in [0.1, 0.15) is 12.3 Å². The average Bonchev–Trinajstić information content (AvgIpc) is 3.17. The first kappa shape index (κ1) is 19.9. The smallest absolute Gasteiger partial charge is 0.305 e. The summed E-state index contributed by atoms with van der Waals surface area (Å²) in [5.41, 5.74) is 0.885. The van der Waals surface area contributed by atoms with Crippen molar-refractivity contribution in [1.82, 2.24) is 10.2 Å². The van der Waals surface area contributed by atoms with Crippen LogP contribution in [0.25, 0.3) is 10.8 Å². The summed E-state index contributed by atoms with van der Waals surface area (Å²) in [6, 6.07) is 11.7. The molecule has 1 heterocycles. The van der Waals surface area contributed by atoms with E-state index in [1.807, 2.05) is 42.5 Å². The zero-order chi connectivity index (χ0) is 20.1. The second-order valence-electron chi connectivity index (χ2n) is 6.54. The maximum Gasteiger partial charge on any atom is 0.305 e. The summed E-state index contributed by atoms with van der Waals surface area (Å²) < 4.78 is 0. The van der Waals surface area contributed by atoms with Gasteiger partial charge in [0.25, 0.3) is 0 Å². The van der Waals surface area contributed by atoms with E-state index < -0.39 is 30.4 Å². The molecule has 1 saturated heterocycles. The van der Waals surface area contributed by atoms with E-state index in [4.69, 9.17) is 5.11 Å². The fourth-order valence-electron chi connectivity index (χ4n) is 3.22. The van der Waals surface area contributed by atoms with Gasteiger partial charge in [-0.15, -0.1) is 11.8 Å². The lowest BCUT2D eigenvalue weighted by molar-refractivity contribution is -0.140. The number of rotatable bonds is 7. The Morgan fingerprint density at radius 3 is 2.71 bits per heavy atom. The number of carbonyl (C=O) groups excluding carboxylic acids is 3. The SMILES string of the molecule is O=C[C@H](CC(=O)O)NC(=O)[C@@H]1CSCN1C(=O)Cc1cccc2ccccc12. The quantitative estimate of drug-likeness (QED) is 0.682. The van der Waals surface area contributed by atoms with Gasteiger partial charge in [-0.1, -0.05) is 42.5 Å². The van der Waals surface area contributed by atoms with E-state index >= 15 is 0 Å². The van der Waals surface area contributed by atoms with Gasteiger partial charge in [0, 0.05) is 5.75 Å². The molecule has 1 aliphatic heterocycles. The van der Waals surface area contributed by atoms with Crippen LogP contribution in [0.1, 0.15) is 12.0 Å². The second kappa shape index (κ2) is 8.88. The number of fused-ring (bicyclic) bond motifs is 1. The van der Waals surface area contributed by atoms with Crippen molar-refractivity contribution in [2.75, 3.05) is 11.6 Å². The second-order valence-corrected chi connectivity index (χ2v) is 7.54. The summed E-state index contributed by atoms with van der Waals surface area (Å²) in [6.45, 7) is 0. The normalized spacial score (nSPS) is 17.3. The Morgan fingerprint density at radius 2 is 1.96 bits per heavy atom. The first-order chi connectivity index (χ1) is 13.5. The molecule has 7 nitrogen and oxygen atoms in total. The van der Waals surface area contributed by atoms with Crippen molar-refractivity contribution in [1.29, 1.82) is 0 Å². The van der Waals surface area contributed by atoms with Crippen molar-refractivity contribution in [2.45, 2.75) is 24.9 Å². The number of carboxylic acid groups (broad SMARTS) is 1. The number of hydrogen-bond donors (Lipinski definition) is 2. The molecule has 2 aromatic carbocycles. The standard InChI is InChI=1S/C20H20N2O5S/c23-10-15(9-19(25)26)21-20(27)17-11-28-12-22(17)18(24)8-14-6-3-5-13-4-1-2-7-16(13)14/h1-7,10,15,17H,8-9,11-12H2,(H,21,27)(H,25,26)/t15-,17-/m0/s1. The first-order valence-corrected chi connectivity index (χ1v) is 9.96. The number of nitrogens with one attached hydrogen (secondary N) is 1. The molecule has 2 amide bonds. The van der Waals surface area contributed by atoms with Gasteiger partial charge in [0.2, 0.25) is 11.8 Å². The molecule has 0 spiro atoms. The van der Waals surface area contributed by atoms with Crippen LogP contribution in [-0.2, 0) is 25.6 Å². The predicted octanol–water partition coefficient (Wildman–Crippen LogP) is 1.44. The number of carboxylic acids is 1. The fraction of sp³-hybridized carbons (Fsp3) is 0.300. The molecule has 28 heavy (non-hydrogen) atoms. The van der Waals surface area contributed by atoms with Gasteiger partial charge in [-0.25, -0.2) is 0 Å². The van der Waals surface area contributed by atoms with Crippen molar-refractivity contribution < 1.29 is 24.3 Å². The Labute approximate surface area is 166 Å². The van der Waals surface area contributed by atoms with Gasteiger partial charge >= 0.3 is 5.97 Å². The maximum absolute atomic E-state index is 12.9. The summed E-state index contributed by atoms with van der Waals surface area (Å²) in [5.74, 6) is -1.07. The first-order valence-electron chi connectivity index (χ1n) is 8.81. The lowest BCUT2D eigenvalue weighted by Crippen LogP contribution is -2.51. The van der Waals surface area contributed by atoms with Crippen LogP contribution >= 0.6 is 11.8 Å². The highest BCUT2D eigenvalue weighted by molar-refractivity contribution is 7.99. The number of aldehydes is 1. The number of amides is 2. The lowest BCUT2D eigenvalue weighted by atomic mass is 10.0. The van der Waals surface area contributed by atoms with Crippen molar-refractivity contribution in [3.05, 3.63) is 48.0 Å². The molecule has 0 aliphatic carbocycles. The summed E-state index contributed by atoms with van der Waals surface area (Å²) in [4.78, 5) is 48.7. The number of carbonyl (C=O) groups is 4. The van der Waals surface area contributed by atoms with Crippen molar-refractivity contribution in [3.8, 4) is 0 Å². The van der Waals surface area contributed by atoms with Gasteiger partial charge in [-0.2, -0.15) is 0 Å². The van der Waals surface area contributed by atoms with Gasteiger partial charge in [-0.3, -0.25) is 14.4 Å². The van der Waals surface area contributed by atoms with Crippen LogP contribution in [0.4, 0.5) is 0 Å². The van der Waals surface area contributed by atoms with Crippen LogP contribution in [0.5, 0.6) is 0 Å². The minimum Gasteiger partial charge on any atom is -0.481 e. The van der Waals surface area contributed by atoms with E-state index in [0.29, 0.717) is 17.9 Å². The van der Waals surface area contributed by atoms with Gasteiger partial charge in [0.15, 0.2) is 0 Å². The zero-order valence-corrected chi connectivity index (χ0v) is 15.9. The molecule has 8 heteroatoms. The number of aliphatic carboxylic acids is 1. The molecule has 1 aliphatic rings. The highest BCUT2D eigenvalue weighted by Crippen LogP contribution is 2.24. The van der Waals surface area contributed by atoms with Gasteiger partial charge in [0.05, 0.1) is 24.8 Å². The summed E-state index contributed by atoms with van der Waals surface area (Å²) >= 11 is 1.45. The highest BCUT2D eigenvalue weighted by Gasteiger charge is 2.35. The third-order valence-corrected chi connectivity index (χ3v) is 5.63. The Kier molecular flexibility index (Phi) is 6.30. The van der Waals surface area contributed by atoms with Crippen molar-refractivity contribution in [3.63, 3.8) is 0 Å². The molecule has 0 aromatic heterocycles. The van der Waals surface area contributed by atoms with Crippen molar-refractivity contribution in [2.24, 2.45) is 0 Å². The Balaban J connectivity index is 1.71. The minimum absolute atomic E-state index is 0.165. The maximum atomic E-state index is 12.9. The number of thioether (sulfide) groups is 1. The summed E-state index contributed by atoms with van der Waals surface area (Å²) in [5, 5.41) is 13.3. The number of benzene rings is 2. The minimum atomic E-state index is -1.18. The molecule has 2 aromatic rings. The van der Waals surface area contributed by atoms with Gasteiger partial charge in [-0.05, 0) is 16.3 Å². The van der Waals surface area contributed by atoms with E-state index in [1.165, 1.54) is 16.7 Å². The van der Waals surface area contributed by atoms with E-state index in [9.17, 15) is 19.2 Å². The predicted molar refractivity (Wildman–Crippen MR) is 106 cm³/mol. The fourth-order valence-corrected chi connectivity index (χ4v) is 4.40. The number of hydrogen-bond acceptors (Lipinski definition) is 5. The monoisotopic (exact) mass is 400 g/mol.